The van der Waals surface area contributed by atoms with E-state index >= 15 is 0 Å². The van der Waals surface area contributed by atoms with Crippen molar-refractivity contribution in [1.29, 1.82) is 0 Å². The van der Waals surface area contributed by atoms with Gasteiger partial charge in [0.15, 0.2) is 0 Å². The van der Waals surface area contributed by atoms with Crippen molar-refractivity contribution in [2.24, 2.45) is 5.10 Å². The van der Waals surface area contributed by atoms with Gasteiger partial charge in [-0.2, -0.15) is 5.10 Å². The molecular formula is C29H25ClN4O4S. The summed E-state index contributed by atoms with van der Waals surface area (Å²) >= 11 is 6.30. The lowest BCUT2D eigenvalue weighted by Gasteiger charge is -2.24. The molecule has 4 rings (SSSR count). The maximum atomic E-state index is 13.4. The van der Waals surface area contributed by atoms with E-state index in [-0.39, 0.29) is 21.5 Å². The number of carbonyl (C=O) groups is 2. The summed E-state index contributed by atoms with van der Waals surface area (Å²) < 4.78 is 27.8. The Morgan fingerprint density at radius 2 is 1.44 bits per heavy atom. The van der Waals surface area contributed by atoms with E-state index in [9.17, 15) is 18.0 Å². The second-order valence-corrected chi connectivity index (χ2v) is 10.7. The van der Waals surface area contributed by atoms with Crippen LogP contribution in [0.15, 0.2) is 119 Å². The molecule has 0 aliphatic carbocycles. The molecule has 0 saturated heterocycles. The number of carbonyl (C=O) groups excluding carboxylic acids is 2. The summed E-state index contributed by atoms with van der Waals surface area (Å²) in [6, 6.07) is 30.0. The highest BCUT2D eigenvalue weighted by Crippen LogP contribution is 2.30. The smallest absolute Gasteiger partial charge is 0.264 e. The lowest BCUT2D eigenvalue weighted by atomic mass is 10.1. The zero-order valence-electron chi connectivity index (χ0n) is 20.9. The molecular weight excluding hydrogens is 536 g/mol. The van der Waals surface area contributed by atoms with Gasteiger partial charge < -0.3 is 5.32 Å². The average molecular weight is 561 g/mol. The number of hydrazone groups is 1. The van der Waals surface area contributed by atoms with Crippen LogP contribution in [0.1, 0.15) is 22.8 Å². The van der Waals surface area contributed by atoms with E-state index in [4.69, 9.17) is 11.6 Å². The van der Waals surface area contributed by atoms with Gasteiger partial charge in [-0.3, -0.25) is 13.9 Å². The van der Waals surface area contributed by atoms with Gasteiger partial charge in [-0.15, -0.1) is 0 Å². The molecule has 0 aliphatic heterocycles. The van der Waals surface area contributed by atoms with Crippen LogP contribution in [0.25, 0.3) is 0 Å². The normalized spacial score (nSPS) is 11.5. The second kappa shape index (κ2) is 12.4. The number of nitrogens with one attached hydrogen (secondary N) is 2. The number of rotatable bonds is 9. The van der Waals surface area contributed by atoms with E-state index in [1.165, 1.54) is 18.2 Å². The monoisotopic (exact) mass is 560 g/mol. The summed E-state index contributed by atoms with van der Waals surface area (Å²) in [4.78, 5) is 25.4. The number of amides is 2. The van der Waals surface area contributed by atoms with Gasteiger partial charge in [-0.05, 0) is 61.0 Å². The zero-order chi connectivity index (χ0) is 27.8. The number of hydrogen-bond acceptors (Lipinski definition) is 5. The van der Waals surface area contributed by atoms with Crippen LogP contribution < -0.4 is 15.0 Å². The van der Waals surface area contributed by atoms with Gasteiger partial charge in [0.1, 0.15) is 6.54 Å². The van der Waals surface area contributed by atoms with Crippen LogP contribution in [-0.4, -0.2) is 32.5 Å². The molecule has 198 valence electrons. The van der Waals surface area contributed by atoms with E-state index in [1.807, 2.05) is 6.07 Å². The molecule has 0 spiro atoms. The van der Waals surface area contributed by atoms with Crippen molar-refractivity contribution in [2.75, 3.05) is 16.2 Å². The van der Waals surface area contributed by atoms with Crippen molar-refractivity contribution in [3.8, 4) is 0 Å². The van der Waals surface area contributed by atoms with Crippen molar-refractivity contribution in [3.63, 3.8) is 0 Å². The summed E-state index contributed by atoms with van der Waals surface area (Å²) in [6.07, 6.45) is 0. The predicted octanol–water partition coefficient (Wildman–Crippen LogP) is 5.33. The standard InChI is InChI=1S/C29H25ClN4O4S/c1-21(23-13-10-14-24(19-23)31-29(36)22-11-4-2-5-12-22)32-33-28(35)20-34(27-18-9-8-17-26(27)30)39(37,38)25-15-6-3-7-16-25/h2-19H,20H2,1H3,(H,31,36)(H,33,35)/b32-21-. The fourth-order valence-electron chi connectivity index (χ4n) is 3.66. The second-order valence-electron chi connectivity index (χ2n) is 8.41. The lowest BCUT2D eigenvalue weighted by Crippen LogP contribution is -2.40. The Labute approximate surface area is 232 Å². The van der Waals surface area contributed by atoms with Crippen LogP contribution in [0.4, 0.5) is 11.4 Å². The summed E-state index contributed by atoms with van der Waals surface area (Å²) in [5, 5.41) is 7.16. The highest BCUT2D eigenvalue weighted by Gasteiger charge is 2.28. The number of halogens is 1. The van der Waals surface area contributed by atoms with E-state index in [2.05, 4.69) is 15.8 Å². The van der Waals surface area contributed by atoms with Crippen LogP contribution >= 0.6 is 11.6 Å². The largest absolute Gasteiger partial charge is 0.322 e. The third kappa shape index (κ3) is 6.90. The van der Waals surface area contributed by atoms with Gasteiger partial charge in [0, 0.05) is 11.3 Å². The molecule has 4 aromatic rings. The molecule has 0 aliphatic rings. The first kappa shape index (κ1) is 27.6. The van der Waals surface area contributed by atoms with Crippen molar-refractivity contribution >= 4 is 50.5 Å². The van der Waals surface area contributed by atoms with Gasteiger partial charge in [0.05, 0.1) is 21.3 Å². The lowest BCUT2D eigenvalue weighted by molar-refractivity contribution is -0.119. The zero-order valence-corrected chi connectivity index (χ0v) is 22.5. The third-order valence-corrected chi connectivity index (χ3v) is 7.76. The number of para-hydroxylation sites is 1. The van der Waals surface area contributed by atoms with Crippen LogP contribution in [0.2, 0.25) is 5.02 Å². The minimum atomic E-state index is -4.10. The topological polar surface area (TPSA) is 108 Å². The summed E-state index contributed by atoms with van der Waals surface area (Å²) in [7, 11) is -4.10. The van der Waals surface area contributed by atoms with Crippen LogP contribution in [0, 0.1) is 0 Å². The Kier molecular flexibility index (Phi) is 8.75. The van der Waals surface area contributed by atoms with Gasteiger partial charge in [-0.25, -0.2) is 13.8 Å². The van der Waals surface area contributed by atoms with Gasteiger partial charge in [-0.1, -0.05) is 72.3 Å². The van der Waals surface area contributed by atoms with E-state index in [0.717, 1.165) is 4.31 Å². The Morgan fingerprint density at radius 1 is 0.821 bits per heavy atom. The van der Waals surface area contributed by atoms with Crippen LogP contribution in [-0.2, 0) is 14.8 Å². The summed E-state index contributed by atoms with van der Waals surface area (Å²) in [5.74, 6) is -0.919. The number of benzene rings is 4. The molecule has 2 N–H and O–H groups in total. The molecule has 2 amide bonds. The average Bonchev–Trinajstić information content (AvgIpc) is 2.96. The minimum Gasteiger partial charge on any atom is -0.322 e. The molecule has 0 heterocycles. The highest BCUT2D eigenvalue weighted by atomic mass is 35.5. The molecule has 10 heteroatoms. The van der Waals surface area contributed by atoms with E-state index in [0.29, 0.717) is 22.5 Å². The summed E-state index contributed by atoms with van der Waals surface area (Å²) in [6.45, 7) is 1.13. The first-order chi connectivity index (χ1) is 18.8. The Hall–Kier alpha value is -4.47. The van der Waals surface area contributed by atoms with Crippen molar-refractivity contribution in [2.45, 2.75) is 11.8 Å². The fraction of sp³-hybridized carbons (Fsp3) is 0.0690. The molecule has 0 bridgehead atoms. The van der Waals surface area contributed by atoms with Gasteiger partial charge in [0.2, 0.25) is 0 Å². The number of anilines is 2. The maximum absolute atomic E-state index is 13.4. The molecule has 0 atom stereocenters. The molecule has 0 radical (unpaired) electrons. The molecule has 0 unspecified atom stereocenters. The Balaban J connectivity index is 1.50. The maximum Gasteiger partial charge on any atom is 0.264 e. The first-order valence-corrected chi connectivity index (χ1v) is 13.7. The van der Waals surface area contributed by atoms with Crippen LogP contribution in [0.3, 0.4) is 0 Å². The molecule has 0 aromatic heterocycles. The summed E-state index contributed by atoms with van der Waals surface area (Å²) in [5.41, 5.74) is 4.78. The predicted molar refractivity (Wildman–Crippen MR) is 154 cm³/mol. The molecule has 0 saturated carbocycles. The first-order valence-electron chi connectivity index (χ1n) is 11.9. The van der Waals surface area contributed by atoms with E-state index in [1.54, 1.807) is 91.9 Å². The quantitative estimate of drug-likeness (QED) is 0.213. The van der Waals surface area contributed by atoms with Gasteiger partial charge >= 0.3 is 0 Å². The SMILES string of the molecule is C/C(=N/NC(=O)CN(c1ccccc1Cl)S(=O)(=O)c1ccccc1)c1cccc(NC(=O)c2ccccc2)c1. The van der Waals surface area contributed by atoms with Crippen molar-refractivity contribution in [1.82, 2.24) is 5.43 Å². The molecule has 4 aromatic carbocycles. The number of nitrogens with zero attached hydrogens (tertiary/aromatic N) is 2. The van der Waals surface area contributed by atoms with Crippen molar-refractivity contribution in [3.05, 3.63) is 125 Å². The third-order valence-electron chi connectivity index (χ3n) is 5.66. The molecule has 8 nitrogen and oxygen atoms in total. The Morgan fingerprint density at radius 3 is 2.13 bits per heavy atom. The number of hydrogen-bond donors (Lipinski definition) is 2. The highest BCUT2D eigenvalue weighted by molar-refractivity contribution is 7.92. The van der Waals surface area contributed by atoms with E-state index < -0.39 is 22.5 Å². The number of sulfonamides is 1. The van der Waals surface area contributed by atoms with Gasteiger partial charge in [0.25, 0.3) is 21.8 Å². The fourth-order valence-corrected chi connectivity index (χ4v) is 5.41. The minimum absolute atomic E-state index is 0.0202. The van der Waals surface area contributed by atoms with Crippen molar-refractivity contribution < 1.29 is 18.0 Å². The Bertz CT molecular complexity index is 1610. The molecule has 39 heavy (non-hydrogen) atoms. The van der Waals surface area contributed by atoms with Crippen LogP contribution in [0.5, 0.6) is 0 Å². The molecule has 0 fully saturated rings.